The van der Waals surface area contributed by atoms with Crippen LogP contribution in [0.25, 0.3) is 6.08 Å². The SMILES string of the molecule is O=C(c1cccc([N+](=O)[O-])c1)[C@@H]1[C@@H]2C(=O)N(c3ccc(Cl)cc3Cl)C(=O)[C@@H]2[C@H]2c3ccccc3C=CN12. The second-order valence-electron chi connectivity index (χ2n) is 9.11. The van der Waals surface area contributed by atoms with E-state index in [2.05, 4.69) is 0 Å². The van der Waals surface area contributed by atoms with Crippen molar-refractivity contribution in [2.45, 2.75) is 12.1 Å². The fourth-order valence-corrected chi connectivity index (χ4v) is 6.19. The average Bonchev–Trinajstić information content (AvgIpc) is 3.36. The van der Waals surface area contributed by atoms with Gasteiger partial charge in [0.15, 0.2) is 5.78 Å². The minimum absolute atomic E-state index is 0.0917. The molecule has 8 nitrogen and oxygen atoms in total. The summed E-state index contributed by atoms with van der Waals surface area (Å²) in [5.41, 5.74) is 1.76. The standard InChI is InChI=1S/C27H17Cl2N3O5/c28-16-8-9-20(19(29)13-16)31-26(34)21-22(27(31)35)24(25(33)15-5-3-6-17(12-15)32(36)37)30-11-10-14-4-1-2-7-18(14)23(21)30/h1-13,21-24H/t21-,22+,23+,24-/m0/s1. The monoisotopic (exact) mass is 533 g/mol. The molecule has 0 spiro atoms. The number of carbonyl (C=O) groups excluding carboxylic acids is 3. The third-order valence-corrected chi connectivity index (χ3v) is 7.76. The van der Waals surface area contributed by atoms with Gasteiger partial charge in [-0.15, -0.1) is 0 Å². The summed E-state index contributed by atoms with van der Waals surface area (Å²) in [7, 11) is 0. The maximum Gasteiger partial charge on any atom is 0.270 e. The Hall–Kier alpha value is -4.01. The maximum atomic E-state index is 13.9. The molecule has 2 fully saturated rings. The minimum Gasteiger partial charge on any atom is -0.358 e. The summed E-state index contributed by atoms with van der Waals surface area (Å²) < 4.78 is 0. The van der Waals surface area contributed by atoms with Crippen molar-refractivity contribution in [2.75, 3.05) is 4.90 Å². The van der Waals surface area contributed by atoms with E-state index in [-0.39, 0.29) is 22.0 Å². The van der Waals surface area contributed by atoms with Gasteiger partial charge in [0.2, 0.25) is 11.8 Å². The molecule has 3 aromatic rings. The first-order valence-corrected chi connectivity index (χ1v) is 12.2. The highest BCUT2D eigenvalue weighted by molar-refractivity contribution is 6.38. The lowest BCUT2D eigenvalue weighted by Crippen LogP contribution is -2.44. The van der Waals surface area contributed by atoms with Crippen LogP contribution in [0.1, 0.15) is 27.5 Å². The molecule has 0 radical (unpaired) electrons. The zero-order valence-electron chi connectivity index (χ0n) is 19.0. The van der Waals surface area contributed by atoms with Crippen LogP contribution in [-0.4, -0.2) is 33.5 Å². The number of nitro benzene ring substituents is 1. The molecule has 0 bridgehead atoms. The van der Waals surface area contributed by atoms with E-state index in [1.807, 2.05) is 30.3 Å². The lowest BCUT2D eigenvalue weighted by atomic mass is 9.83. The summed E-state index contributed by atoms with van der Waals surface area (Å²) in [6, 6.07) is 15.8. The second-order valence-corrected chi connectivity index (χ2v) is 9.96. The molecule has 3 heterocycles. The number of nitro groups is 1. The summed E-state index contributed by atoms with van der Waals surface area (Å²) in [5.74, 6) is -3.38. The smallest absolute Gasteiger partial charge is 0.270 e. The molecule has 10 heteroatoms. The molecular formula is C27H17Cl2N3O5. The first-order valence-electron chi connectivity index (χ1n) is 11.4. The molecule has 3 aliphatic heterocycles. The maximum absolute atomic E-state index is 13.9. The van der Waals surface area contributed by atoms with E-state index in [0.717, 1.165) is 16.0 Å². The Morgan fingerprint density at radius 2 is 1.68 bits per heavy atom. The number of ketones is 1. The molecule has 0 N–H and O–H groups in total. The van der Waals surface area contributed by atoms with E-state index in [0.29, 0.717) is 5.02 Å². The predicted molar refractivity (Wildman–Crippen MR) is 137 cm³/mol. The molecule has 6 rings (SSSR count). The summed E-state index contributed by atoms with van der Waals surface area (Å²) in [6.07, 6.45) is 3.56. The van der Waals surface area contributed by atoms with Crippen molar-refractivity contribution in [1.29, 1.82) is 0 Å². The van der Waals surface area contributed by atoms with Gasteiger partial charge < -0.3 is 4.90 Å². The van der Waals surface area contributed by atoms with Crippen LogP contribution in [-0.2, 0) is 9.59 Å². The van der Waals surface area contributed by atoms with Gasteiger partial charge in [0, 0.05) is 28.9 Å². The van der Waals surface area contributed by atoms with Gasteiger partial charge in [0.05, 0.1) is 33.5 Å². The molecule has 184 valence electrons. The number of benzene rings is 3. The van der Waals surface area contributed by atoms with Gasteiger partial charge in [-0.25, -0.2) is 4.90 Å². The first kappa shape index (κ1) is 23.4. The van der Waals surface area contributed by atoms with Crippen molar-refractivity contribution in [2.24, 2.45) is 11.8 Å². The summed E-state index contributed by atoms with van der Waals surface area (Å²) >= 11 is 12.4. The molecule has 37 heavy (non-hydrogen) atoms. The van der Waals surface area contributed by atoms with Crippen LogP contribution < -0.4 is 4.90 Å². The average molecular weight is 534 g/mol. The summed E-state index contributed by atoms with van der Waals surface area (Å²) in [6.45, 7) is 0. The molecule has 0 saturated carbocycles. The molecule has 0 unspecified atom stereocenters. The molecule has 3 aromatic carbocycles. The number of rotatable bonds is 4. The first-order chi connectivity index (χ1) is 17.8. The van der Waals surface area contributed by atoms with Gasteiger partial charge in [-0.1, -0.05) is 59.6 Å². The Morgan fingerprint density at radius 1 is 0.919 bits per heavy atom. The van der Waals surface area contributed by atoms with Gasteiger partial charge in [0.25, 0.3) is 5.69 Å². The topological polar surface area (TPSA) is 101 Å². The van der Waals surface area contributed by atoms with Crippen LogP contribution in [0.15, 0.2) is 72.9 Å². The number of fused-ring (bicyclic) bond motifs is 5. The number of non-ortho nitro benzene ring substituents is 1. The van der Waals surface area contributed by atoms with E-state index >= 15 is 0 Å². The van der Waals surface area contributed by atoms with E-state index in [9.17, 15) is 24.5 Å². The van der Waals surface area contributed by atoms with Crippen molar-refractivity contribution in [3.05, 3.63) is 110 Å². The molecule has 2 amide bonds. The molecule has 0 aliphatic carbocycles. The van der Waals surface area contributed by atoms with E-state index in [1.165, 1.54) is 42.5 Å². The number of hydrogen-bond donors (Lipinski definition) is 0. The van der Waals surface area contributed by atoms with E-state index in [1.54, 1.807) is 11.1 Å². The van der Waals surface area contributed by atoms with Gasteiger partial charge in [-0.3, -0.25) is 24.5 Å². The summed E-state index contributed by atoms with van der Waals surface area (Å²) in [5, 5.41) is 11.8. The highest BCUT2D eigenvalue weighted by atomic mass is 35.5. The van der Waals surface area contributed by atoms with Crippen molar-refractivity contribution >= 4 is 58.3 Å². The molecular weight excluding hydrogens is 517 g/mol. The molecule has 4 atom stereocenters. The zero-order valence-corrected chi connectivity index (χ0v) is 20.5. The number of imide groups is 1. The van der Waals surface area contributed by atoms with E-state index < -0.39 is 46.4 Å². The Morgan fingerprint density at radius 3 is 2.43 bits per heavy atom. The van der Waals surface area contributed by atoms with Crippen LogP contribution >= 0.6 is 23.2 Å². The number of Topliss-reactive ketones (excluding diaryl/α,β-unsaturated/α-hetero) is 1. The van der Waals surface area contributed by atoms with Crippen LogP contribution in [0.5, 0.6) is 0 Å². The Bertz CT molecular complexity index is 1550. The van der Waals surface area contributed by atoms with Crippen molar-refractivity contribution in [3.8, 4) is 0 Å². The zero-order chi connectivity index (χ0) is 26.0. The highest BCUT2D eigenvalue weighted by Crippen LogP contribution is 2.54. The van der Waals surface area contributed by atoms with Crippen LogP contribution in [0, 0.1) is 22.0 Å². The quantitative estimate of drug-likeness (QED) is 0.195. The molecule has 3 aliphatic rings. The molecule has 0 aromatic heterocycles. The lowest BCUT2D eigenvalue weighted by Gasteiger charge is -2.35. The van der Waals surface area contributed by atoms with Gasteiger partial charge in [0.1, 0.15) is 6.04 Å². The van der Waals surface area contributed by atoms with Gasteiger partial charge in [-0.05, 0) is 35.4 Å². The number of anilines is 1. The van der Waals surface area contributed by atoms with Gasteiger partial charge >= 0.3 is 0 Å². The normalized spacial score (nSPS) is 23.6. The van der Waals surface area contributed by atoms with Crippen molar-refractivity contribution in [3.63, 3.8) is 0 Å². The van der Waals surface area contributed by atoms with Crippen LogP contribution in [0.4, 0.5) is 11.4 Å². The summed E-state index contributed by atoms with van der Waals surface area (Å²) in [4.78, 5) is 55.3. The predicted octanol–water partition coefficient (Wildman–Crippen LogP) is 5.30. The third-order valence-electron chi connectivity index (χ3n) is 7.22. The minimum atomic E-state index is -1.05. The number of carbonyl (C=O) groups is 3. The Kier molecular flexibility index (Phi) is 5.40. The van der Waals surface area contributed by atoms with Gasteiger partial charge in [-0.2, -0.15) is 0 Å². The van der Waals surface area contributed by atoms with Crippen molar-refractivity contribution < 1.29 is 19.3 Å². The fourth-order valence-electron chi connectivity index (χ4n) is 5.70. The number of amides is 2. The second kappa shape index (κ2) is 8.54. The Labute approximate surface area is 220 Å². The third kappa shape index (κ3) is 3.48. The fraction of sp³-hybridized carbons (Fsp3) is 0.148. The lowest BCUT2D eigenvalue weighted by molar-refractivity contribution is -0.384. The number of halogens is 2. The highest BCUT2D eigenvalue weighted by Gasteiger charge is 2.64. The van der Waals surface area contributed by atoms with E-state index in [4.69, 9.17) is 23.2 Å². The Balaban J connectivity index is 1.50. The van der Waals surface area contributed by atoms with Crippen LogP contribution in [0.2, 0.25) is 10.0 Å². The number of hydrogen-bond acceptors (Lipinski definition) is 6. The molecule has 2 saturated heterocycles. The largest absolute Gasteiger partial charge is 0.358 e. The van der Waals surface area contributed by atoms with Crippen molar-refractivity contribution in [1.82, 2.24) is 4.90 Å². The number of nitrogens with zero attached hydrogens (tertiary/aromatic N) is 3. The van der Waals surface area contributed by atoms with Crippen LogP contribution in [0.3, 0.4) is 0 Å².